The Kier molecular flexibility index (Phi) is 5.55. The lowest BCUT2D eigenvalue weighted by Crippen LogP contribution is -2.06. The maximum absolute atomic E-state index is 12.7. The van der Waals surface area contributed by atoms with E-state index in [4.69, 9.17) is 4.74 Å². The van der Waals surface area contributed by atoms with E-state index in [0.29, 0.717) is 16.5 Å². The number of carbonyl (C=O) groups is 1. The minimum Gasteiger partial charge on any atom is -0.496 e. The molecule has 0 bridgehead atoms. The van der Waals surface area contributed by atoms with E-state index < -0.39 is 0 Å². The van der Waals surface area contributed by atoms with E-state index in [1.165, 1.54) is 11.8 Å². The SMILES string of the molecule is COc1ccccc1C(=O)CSc1nnc(-c2cccs2)n1-c1ccccc1. The highest BCUT2D eigenvalue weighted by Crippen LogP contribution is 2.31. The zero-order valence-electron chi connectivity index (χ0n) is 15.1. The predicted molar refractivity (Wildman–Crippen MR) is 113 cm³/mol. The van der Waals surface area contributed by atoms with Gasteiger partial charge in [-0.2, -0.15) is 0 Å². The number of thioether (sulfide) groups is 1. The number of nitrogens with zero attached hydrogens (tertiary/aromatic N) is 3. The summed E-state index contributed by atoms with van der Waals surface area (Å²) in [4.78, 5) is 13.8. The molecule has 4 rings (SSSR count). The third-order valence-electron chi connectivity index (χ3n) is 4.13. The molecule has 7 heteroatoms. The maximum atomic E-state index is 12.7. The van der Waals surface area contributed by atoms with Gasteiger partial charge in [0.1, 0.15) is 5.75 Å². The number of Topliss-reactive ketones (excluding diaryl/α,β-unsaturated/α-hetero) is 1. The van der Waals surface area contributed by atoms with Crippen molar-refractivity contribution >= 4 is 28.9 Å². The number of aromatic nitrogens is 3. The van der Waals surface area contributed by atoms with Gasteiger partial charge in [0, 0.05) is 5.69 Å². The normalized spacial score (nSPS) is 10.8. The first-order valence-corrected chi connectivity index (χ1v) is 10.5. The molecule has 28 heavy (non-hydrogen) atoms. The van der Waals surface area contributed by atoms with Crippen LogP contribution >= 0.6 is 23.1 Å². The largest absolute Gasteiger partial charge is 0.496 e. The highest BCUT2D eigenvalue weighted by molar-refractivity contribution is 7.99. The summed E-state index contributed by atoms with van der Waals surface area (Å²) < 4.78 is 7.29. The molecular weight excluding hydrogens is 390 g/mol. The molecular formula is C21H17N3O2S2. The highest BCUT2D eigenvalue weighted by Gasteiger charge is 2.19. The fourth-order valence-corrected chi connectivity index (χ4v) is 4.36. The Morgan fingerprint density at radius 1 is 1.04 bits per heavy atom. The Labute approximate surface area is 171 Å². The summed E-state index contributed by atoms with van der Waals surface area (Å²) in [5.74, 6) is 1.59. The van der Waals surface area contributed by atoms with E-state index in [2.05, 4.69) is 10.2 Å². The second kappa shape index (κ2) is 8.41. The zero-order chi connectivity index (χ0) is 19.3. The Balaban J connectivity index is 1.64. The Morgan fingerprint density at radius 2 is 1.82 bits per heavy atom. The molecule has 0 spiro atoms. The highest BCUT2D eigenvalue weighted by atomic mass is 32.2. The number of rotatable bonds is 7. The van der Waals surface area contributed by atoms with E-state index in [1.807, 2.05) is 64.5 Å². The van der Waals surface area contributed by atoms with Crippen LogP contribution in [0.25, 0.3) is 16.4 Å². The van der Waals surface area contributed by atoms with E-state index in [9.17, 15) is 4.79 Å². The number of benzene rings is 2. The number of ether oxygens (including phenoxy) is 1. The molecule has 0 amide bonds. The van der Waals surface area contributed by atoms with Crippen LogP contribution in [0.1, 0.15) is 10.4 Å². The van der Waals surface area contributed by atoms with Gasteiger partial charge in [-0.3, -0.25) is 9.36 Å². The van der Waals surface area contributed by atoms with Crippen LogP contribution in [0, 0.1) is 0 Å². The van der Waals surface area contributed by atoms with Crippen molar-refractivity contribution < 1.29 is 9.53 Å². The molecule has 5 nitrogen and oxygen atoms in total. The summed E-state index contributed by atoms with van der Waals surface area (Å²) in [6, 6.07) is 21.2. The van der Waals surface area contributed by atoms with Crippen molar-refractivity contribution in [2.75, 3.05) is 12.9 Å². The van der Waals surface area contributed by atoms with Crippen LogP contribution in [0.5, 0.6) is 5.75 Å². The molecule has 0 radical (unpaired) electrons. The van der Waals surface area contributed by atoms with Gasteiger partial charge in [-0.1, -0.05) is 48.2 Å². The molecule has 0 fully saturated rings. The van der Waals surface area contributed by atoms with Crippen molar-refractivity contribution in [3.63, 3.8) is 0 Å². The number of methoxy groups -OCH3 is 1. The van der Waals surface area contributed by atoms with Crippen LogP contribution in [0.2, 0.25) is 0 Å². The van der Waals surface area contributed by atoms with Gasteiger partial charge in [0.05, 0.1) is 23.3 Å². The lowest BCUT2D eigenvalue weighted by atomic mass is 10.1. The Hall–Kier alpha value is -2.90. The zero-order valence-corrected chi connectivity index (χ0v) is 16.7. The first-order valence-electron chi connectivity index (χ1n) is 8.61. The molecule has 0 saturated heterocycles. The number of para-hydroxylation sites is 2. The first-order chi connectivity index (χ1) is 13.8. The predicted octanol–water partition coefficient (Wildman–Crippen LogP) is 4.98. The lowest BCUT2D eigenvalue weighted by Gasteiger charge is -2.10. The van der Waals surface area contributed by atoms with Crippen molar-refractivity contribution in [2.45, 2.75) is 5.16 Å². The van der Waals surface area contributed by atoms with Gasteiger partial charge in [0.15, 0.2) is 16.8 Å². The number of hydrogen-bond donors (Lipinski definition) is 0. The molecule has 2 aromatic carbocycles. The molecule has 0 unspecified atom stereocenters. The lowest BCUT2D eigenvalue weighted by molar-refractivity contribution is 0.101. The minimum atomic E-state index is -0.0114. The van der Waals surface area contributed by atoms with Crippen molar-refractivity contribution in [1.29, 1.82) is 0 Å². The van der Waals surface area contributed by atoms with Gasteiger partial charge < -0.3 is 4.74 Å². The van der Waals surface area contributed by atoms with Crippen LogP contribution in [0.3, 0.4) is 0 Å². The van der Waals surface area contributed by atoms with Crippen molar-refractivity contribution in [1.82, 2.24) is 14.8 Å². The molecule has 0 aliphatic rings. The summed E-state index contributed by atoms with van der Waals surface area (Å²) >= 11 is 2.98. The number of hydrogen-bond acceptors (Lipinski definition) is 6. The quantitative estimate of drug-likeness (QED) is 0.319. The summed E-state index contributed by atoms with van der Waals surface area (Å²) in [6.07, 6.45) is 0. The maximum Gasteiger partial charge on any atom is 0.196 e. The molecule has 0 saturated carbocycles. The summed E-state index contributed by atoms with van der Waals surface area (Å²) in [5, 5.41) is 11.4. The summed E-state index contributed by atoms with van der Waals surface area (Å²) in [5.41, 5.74) is 1.53. The van der Waals surface area contributed by atoms with Crippen LogP contribution < -0.4 is 4.74 Å². The van der Waals surface area contributed by atoms with Gasteiger partial charge in [-0.15, -0.1) is 21.5 Å². The Bertz CT molecular complexity index is 1080. The average molecular weight is 408 g/mol. The van der Waals surface area contributed by atoms with E-state index in [1.54, 1.807) is 30.6 Å². The van der Waals surface area contributed by atoms with Gasteiger partial charge in [-0.25, -0.2) is 0 Å². The number of carbonyl (C=O) groups excluding carboxylic acids is 1. The molecule has 2 aromatic heterocycles. The third kappa shape index (κ3) is 3.72. The molecule has 0 aliphatic carbocycles. The van der Waals surface area contributed by atoms with Gasteiger partial charge in [0.2, 0.25) is 0 Å². The first kappa shape index (κ1) is 18.5. The molecule has 0 N–H and O–H groups in total. The van der Waals surface area contributed by atoms with E-state index in [-0.39, 0.29) is 11.5 Å². The van der Waals surface area contributed by atoms with E-state index in [0.717, 1.165) is 16.4 Å². The van der Waals surface area contributed by atoms with Crippen LogP contribution in [0.4, 0.5) is 0 Å². The molecule has 140 valence electrons. The fourth-order valence-electron chi connectivity index (χ4n) is 2.82. The molecule has 0 atom stereocenters. The van der Waals surface area contributed by atoms with Gasteiger partial charge in [0.25, 0.3) is 0 Å². The fraction of sp³-hybridized carbons (Fsp3) is 0.0952. The van der Waals surface area contributed by atoms with Crippen LogP contribution in [-0.2, 0) is 0 Å². The standard InChI is InChI=1S/C21H17N3O2S2/c1-26-18-11-6-5-10-16(18)17(25)14-28-21-23-22-20(19-12-7-13-27-19)24(21)15-8-3-2-4-9-15/h2-13H,14H2,1H3. The van der Waals surface area contributed by atoms with Crippen molar-refractivity contribution in [2.24, 2.45) is 0 Å². The van der Waals surface area contributed by atoms with Crippen LogP contribution in [-0.4, -0.2) is 33.4 Å². The average Bonchev–Trinajstić information content (AvgIpc) is 3.42. The van der Waals surface area contributed by atoms with E-state index >= 15 is 0 Å². The smallest absolute Gasteiger partial charge is 0.196 e. The van der Waals surface area contributed by atoms with Crippen LogP contribution in [0.15, 0.2) is 77.3 Å². The minimum absolute atomic E-state index is 0.0114. The van der Waals surface area contributed by atoms with Crippen molar-refractivity contribution in [3.8, 4) is 22.1 Å². The second-order valence-electron chi connectivity index (χ2n) is 5.87. The second-order valence-corrected chi connectivity index (χ2v) is 7.76. The number of thiophene rings is 1. The topological polar surface area (TPSA) is 57.0 Å². The van der Waals surface area contributed by atoms with Crippen molar-refractivity contribution in [3.05, 3.63) is 77.7 Å². The molecule has 0 aliphatic heterocycles. The number of ketones is 1. The molecule has 2 heterocycles. The summed E-state index contributed by atoms with van der Waals surface area (Å²) in [6.45, 7) is 0. The molecule has 4 aromatic rings. The van der Waals surface area contributed by atoms with Gasteiger partial charge >= 0.3 is 0 Å². The third-order valence-corrected chi connectivity index (χ3v) is 5.92. The van der Waals surface area contributed by atoms with Gasteiger partial charge in [-0.05, 0) is 35.7 Å². The monoisotopic (exact) mass is 407 g/mol. The Morgan fingerprint density at radius 3 is 2.57 bits per heavy atom. The summed E-state index contributed by atoms with van der Waals surface area (Å²) in [7, 11) is 1.57.